The second-order valence-electron chi connectivity index (χ2n) is 8.85. The molecule has 0 aliphatic carbocycles. The van der Waals surface area contributed by atoms with E-state index in [-0.39, 0.29) is 27.4 Å². The van der Waals surface area contributed by atoms with Crippen molar-refractivity contribution in [3.63, 3.8) is 0 Å². The SMILES string of the molecule is CCCN1c2cc(F)c(/C=C3/SC(=O)N(c4ccccc4)C3=O)cc2C(C)CC1(C)C. The Morgan fingerprint density at radius 2 is 1.90 bits per heavy atom. The number of benzene rings is 2. The molecule has 0 spiro atoms. The second-order valence-corrected chi connectivity index (χ2v) is 9.85. The Morgan fingerprint density at radius 1 is 1.19 bits per heavy atom. The zero-order chi connectivity index (χ0) is 22.3. The number of carbonyl (C=O) groups is 2. The lowest BCUT2D eigenvalue weighted by molar-refractivity contribution is -0.113. The number of para-hydroxylation sites is 1. The minimum Gasteiger partial charge on any atom is -0.366 e. The lowest BCUT2D eigenvalue weighted by Crippen LogP contribution is -2.48. The molecule has 0 saturated carbocycles. The molecule has 0 N–H and O–H groups in total. The minimum absolute atomic E-state index is 0.0469. The van der Waals surface area contributed by atoms with Crippen LogP contribution in [0.5, 0.6) is 0 Å². The summed E-state index contributed by atoms with van der Waals surface area (Å²) in [4.78, 5) is 29.0. The molecule has 2 aliphatic heterocycles. The van der Waals surface area contributed by atoms with Crippen LogP contribution in [-0.4, -0.2) is 23.2 Å². The van der Waals surface area contributed by atoms with Gasteiger partial charge in [0, 0.05) is 23.3 Å². The van der Waals surface area contributed by atoms with Crippen molar-refractivity contribution in [1.29, 1.82) is 0 Å². The fourth-order valence-corrected chi connectivity index (χ4v) is 5.52. The highest BCUT2D eigenvalue weighted by Gasteiger charge is 2.38. The molecular weight excluding hydrogens is 411 g/mol. The van der Waals surface area contributed by atoms with Crippen molar-refractivity contribution < 1.29 is 14.0 Å². The van der Waals surface area contributed by atoms with E-state index in [0.717, 1.165) is 47.3 Å². The van der Waals surface area contributed by atoms with Crippen molar-refractivity contribution in [3.05, 3.63) is 64.3 Å². The van der Waals surface area contributed by atoms with Crippen molar-refractivity contribution in [2.45, 2.75) is 52.0 Å². The number of anilines is 2. The number of amides is 2. The van der Waals surface area contributed by atoms with E-state index in [4.69, 9.17) is 0 Å². The summed E-state index contributed by atoms with van der Waals surface area (Å²) in [5.41, 5.74) is 2.83. The van der Waals surface area contributed by atoms with Crippen molar-refractivity contribution in [2.24, 2.45) is 0 Å². The Hall–Kier alpha value is -2.60. The molecule has 2 aliphatic rings. The summed E-state index contributed by atoms with van der Waals surface area (Å²) in [6, 6.07) is 12.2. The van der Waals surface area contributed by atoms with Crippen LogP contribution in [0.2, 0.25) is 0 Å². The first-order valence-corrected chi connectivity index (χ1v) is 11.5. The van der Waals surface area contributed by atoms with Crippen LogP contribution >= 0.6 is 11.8 Å². The topological polar surface area (TPSA) is 40.6 Å². The molecule has 1 fully saturated rings. The highest BCUT2D eigenvalue weighted by Crippen LogP contribution is 2.45. The number of hydrogen-bond acceptors (Lipinski definition) is 4. The Bertz CT molecular complexity index is 1060. The lowest BCUT2D eigenvalue weighted by Gasteiger charge is -2.47. The molecule has 1 atom stereocenters. The molecular formula is C25H27FN2O2S. The molecule has 4 rings (SSSR count). The third-order valence-electron chi connectivity index (χ3n) is 6.05. The van der Waals surface area contributed by atoms with E-state index >= 15 is 4.39 Å². The van der Waals surface area contributed by atoms with Crippen molar-refractivity contribution in [3.8, 4) is 0 Å². The normalized spacial score (nSPS) is 21.7. The van der Waals surface area contributed by atoms with Crippen molar-refractivity contribution in [2.75, 3.05) is 16.3 Å². The fraction of sp³-hybridized carbons (Fsp3) is 0.360. The average molecular weight is 439 g/mol. The smallest absolute Gasteiger partial charge is 0.298 e. The molecule has 6 heteroatoms. The number of carbonyl (C=O) groups excluding carboxylic acids is 2. The van der Waals surface area contributed by atoms with Crippen LogP contribution < -0.4 is 9.80 Å². The molecule has 2 heterocycles. The quantitative estimate of drug-likeness (QED) is 0.506. The van der Waals surface area contributed by atoms with Gasteiger partial charge in [-0.25, -0.2) is 9.29 Å². The van der Waals surface area contributed by atoms with Gasteiger partial charge in [0.1, 0.15) is 5.82 Å². The van der Waals surface area contributed by atoms with Crippen LogP contribution in [0.15, 0.2) is 47.4 Å². The molecule has 2 aromatic rings. The Kier molecular flexibility index (Phi) is 5.69. The van der Waals surface area contributed by atoms with Gasteiger partial charge < -0.3 is 4.90 Å². The number of halogens is 1. The number of nitrogens with zero attached hydrogens (tertiary/aromatic N) is 2. The van der Waals surface area contributed by atoms with Crippen LogP contribution in [0.25, 0.3) is 6.08 Å². The third-order valence-corrected chi connectivity index (χ3v) is 6.92. The van der Waals surface area contributed by atoms with Crippen LogP contribution in [0, 0.1) is 5.82 Å². The van der Waals surface area contributed by atoms with Gasteiger partial charge in [-0.3, -0.25) is 9.59 Å². The summed E-state index contributed by atoms with van der Waals surface area (Å²) in [6.45, 7) is 9.55. The summed E-state index contributed by atoms with van der Waals surface area (Å²) in [7, 11) is 0. The number of hydrogen-bond donors (Lipinski definition) is 0. The molecule has 31 heavy (non-hydrogen) atoms. The van der Waals surface area contributed by atoms with E-state index in [0.29, 0.717) is 11.3 Å². The van der Waals surface area contributed by atoms with E-state index in [2.05, 4.69) is 32.6 Å². The summed E-state index contributed by atoms with van der Waals surface area (Å²) >= 11 is 0.848. The first-order chi connectivity index (χ1) is 14.7. The number of imide groups is 1. The Balaban J connectivity index is 1.72. The van der Waals surface area contributed by atoms with Gasteiger partial charge in [-0.1, -0.05) is 32.0 Å². The van der Waals surface area contributed by atoms with Gasteiger partial charge in [-0.05, 0) is 80.3 Å². The first kappa shape index (κ1) is 21.6. The molecule has 2 amide bonds. The number of thioether (sulfide) groups is 1. The summed E-state index contributed by atoms with van der Waals surface area (Å²) < 4.78 is 15.2. The van der Waals surface area contributed by atoms with Gasteiger partial charge in [-0.15, -0.1) is 0 Å². The molecule has 4 nitrogen and oxygen atoms in total. The Labute approximate surface area is 187 Å². The summed E-state index contributed by atoms with van der Waals surface area (Å²) in [5.74, 6) is -0.526. The summed E-state index contributed by atoms with van der Waals surface area (Å²) in [5, 5.41) is -0.370. The molecule has 0 bridgehead atoms. The van der Waals surface area contributed by atoms with Crippen molar-refractivity contribution >= 4 is 40.4 Å². The molecule has 1 saturated heterocycles. The van der Waals surface area contributed by atoms with Crippen LogP contribution in [0.4, 0.5) is 20.6 Å². The van der Waals surface area contributed by atoms with Gasteiger partial charge in [0.2, 0.25) is 0 Å². The molecule has 0 aromatic heterocycles. The maximum absolute atomic E-state index is 15.2. The summed E-state index contributed by atoms with van der Waals surface area (Å²) in [6.07, 6.45) is 3.46. The van der Waals surface area contributed by atoms with Crippen molar-refractivity contribution in [1.82, 2.24) is 0 Å². The van der Waals surface area contributed by atoms with Crippen LogP contribution in [-0.2, 0) is 4.79 Å². The predicted molar refractivity (Wildman–Crippen MR) is 126 cm³/mol. The number of rotatable bonds is 4. The molecule has 2 aromatic carbocycles. The average Bonchev–Trinajstić information content (AvgIpc) is 2.99. The van der Waals surface area contributed by atoms with E-state index in [1.54, 1.807) is 30.3 Å². The first-order valence-electron chi connectivity index (χ1n) is 10.7. The Morgan fingerprint density at radius 3 is 2.58 bits per heavy atom. The second kappa shape index (κ2) is 8.15. The monoisotopic (exact) mass is 438 g/mol. The maximum Gasteiger partial charge on any atom is 0.298 e. The van der Waals surface area contributed by atoms with Gasteiger partial charge in [-0.2, -0.15) is 0 Å². The zero-order valence-electron chi connectivity index (χ0n) is 18.3. The standard InChI is InChI=1S/C25H27FN2O2S/c1-5-11-27-21-14-20(26)17(12-19(21)16(2)15-25(27,3)4)13-22-23(29)28(24(30)31-22)18-9-7-6-8-10-18/h6-10,12-14,16H,5,11,15H2,1-4H3/b22-13+. The van der Waals surface area contributed by atoms with Gasteiger partial charge >= 0.3 is 0 Å². The largest absolute Gasteiger partial charge is 0.366 e. The molecule has 162 valence electrons. The van der Waals surface area contributed by atoms with Gasteiger partial charge in [0.15, 0.2) is 0 Å². The van der Waals surface area contributed by atoms with E-state index < -0.39 is 5.91 Å². The molecule has 1 unspecified atom stereocenters. The van der Waals surface area contributed by atoms with E-state index in [1.807, 2.05) is 12.1 Å². The fourth-order valence-electron chi connectivity index (χ4n) is 4.69. The van der Waals surface area contributed by atoms with Gasteiger partial charge in [0.25, 0.3) is 11.1 Å². The molecule has 0 radical (unpaired) electrons. The van der Waals surface area contributed by atoms with Crippen LogP contribution in [0.3, 0.4) is 0 Å². The maximum atomic E-state index is 15.2. The van der Waals surface area contributed by atoms with Crippen LogP contribution in [0.1, 0.15) is 57.6 Å². The highest BCUT2D eigenvalue weighted by atomic mass is 32.2. The number of fused-ring (bicyclic) bond motifs is 1. The lowest BCUT2D eigenvalue weighted by atomic mass is 9.79. The van der Waals surface area contributed by atoms with E-state index in [9.17, 15) is 9.59 Å². The van der Waals surface area contributed by atoms with Gasteiger partial charge in [0.05, 0.1) is 10.6 Å². The highest BCUT2D eigenvalue weighted by molar-refractivity contribution is 8.19. The third kappa shape index (κ3) is 3.89. The predicted octanol–water partition coefficient (Wildman–Crippen LogP) is 6.57. The minimum atomic E-state index is -0.417. The zero-order valence-corrected chi connectivity index (χ0v) is 19.1. The van der Waals surface area contributed by atoms with E-state index in [1.165, 1.54) is 6.08 Å².